The molecule has 3 heterocycles. The Morgan fingerprint density at radius 1 is 0.933 bits per heavy atom. The highest BCUT2D eigenvalue weighted by Gasteiger charge is 2.44. The van der Waals surface area contributed by atoms with Gasteiger partial charge >= 0.3 is 13.2 Å². The quantitative estimate of drug-likeness (QED) is 0.377. The molecule has 0 aromatic heterocycles. The number of carbonyl (C=O) groups is 3. The fourth-order valence-electron chi connectivity index (χ4n) is 6.78. The Kier molecular flexibility index (Phi) is 11.5. The molecule has 3 aliphatic rings. The zero-order valence-electron chi connectivity index (χ0n) is 26.3. The second-order valence-corrected chi connectivity index (χ2v) is 12.8. The molecule has 3 amide bonds. The van der Waals surface area contributed by atoms with Gasteiger partial charge in [-0.2, -0.15) is 0 Å². The van der Waals surface area contributed by atoms with Crippen molar-refractivity contribution >= 4 is 25.0 Å². The van der Waals surface area contributed by atoms with E-state index in [4.69, 9.17) is 4.74 Å². The molecular formula is C34H47BN4O6. The third-order valence-electron chi connectivity index (χ3n) is 9.51. The van der Waals surface area contributed by atoms with Gasteiger partial charge in [0.1, 0.15) is 12.1 Å². The minimum absolute atomic E-state index is 0.0956. The highest BCUT2D eigenvalue weighted by Crippen LogP contribution is 2.27. The zero-order chi connectivity index (χ0) is 31.8. The molecule has 2 fully saturated rings. The molecule has 0 bridgehead atoms. The van der Waals surface area contributed by atoms with E-state index in [-0.39, 0.29) is 18.9 Å². The van der Waals surface area contributed by atoms with Crippen molar-refractivity contribution in [2.24, 2.45) is 0 Å². The average Bonchev–Trinajstić information content (AvgIpc) is 3.66. The van der Waals surface area contributed by atoms with Crippen LogP contribution in [0.15, 0.2) is 48.5 Å². The molecule has 10 nitrogen and oxygen atoms in total. The van der Waals surface area contributed by atoms with E-state index in [0.29, 0.717) is 32.5 Å². The number of nitrogens with one attached hydrogen (secondary N) is 2. The van der Waals surface area contributed by atoms with Crippen LogP contribution in [0.2, 0.25) is 0 Å². The average molecular weight is 619 g/mol. The summed E-state index contributed by atoms with van der Waals surface area (Å²) in [4.78, 5) is 44.4. The van der Waals surface area contributed by atoms with Gasteiger partial charge in [-0.3, -0.25) is 14.5 Å². The molecule has 2 aromatic carbocycles. The Hall–Kier alpha value is -3.41. The molecule has 0 radical (unpaired) electrons. The lowest BCUT2D eigenvalue weighted by atomic mass is 9.76. The molecule has 0 saturated carbocycles. The van der Waals surface area contributed by atoms with Crippen LogP contribution in [0.5, 0.6) is 0 Å². The summed E-state index contributed by atoms with van der Waals surface area (Å²) in [5, 5.41) is 26.4. The molecule has 242 valence electrons. The maximum Gasteiger partial charge on any atom is 0.475 e. The number of carbonyl (C=O) groups excluding carboxylic acids is 3. The van der Waals surface area contributed by atoms with Gasteiger partial charge < -0.3 is 30.3 Å². The second-order valence-electron chi connectivity index (χ2n) is 12.8. The van der Waals surface area contributed by atoms with Crippen molar-refractivity contribution in [3.05, 3.63) is 70.8 Å². The molecule has 5 rings (SSSR count). The van der Waals surface area contributed by atoms with E-state index in [1.165, 1.54) is 4.90 Å². The molecule has 2 aromatic rings. The Morgan fingerprint density at radius 3 is 2.22 bits per heavy atom. The van der Waals surface area contributed by atoms with Crippen molar-refractivity contribution in [2.45, 2.75) is 115 Å². The molecule has 4 atom stereocenters. The highest BCUT2D eigenvalue weighted by molar-refractivity contribution is 6.43. The van der Waals surface area contributed by atoms with E-state index in [0.717, 1.165) is 67.2 Å². The lowest BCUT2D eigenvalue weighted by Gasteiger charge is -2.30. The van der Waals surface area contributed by atoms with E-state index in [1.807, 2.05) is 55.5 Å². The Morgan fingerprint density at radius 2 is 1.56 bits per heavy atom. The summed E-state index contributed by atoms with van der Waals surface area (Å²) < 4.78 is 5.93. The van der Waals surface area contributed by atoms with Gasteiger partial charge in [-0.05, 0) is 42.0 Å². The number of amides is 3. The van der Waals surface area contributed by atoms with Gasteiger partial charge in [-0.15, -0.1) is 0 Å². The normalized spacial score (nSPS) is 25.0. The van der Waals surface area contributed by atoms with E-state index in [2.05, 4.69) is 10.6 Å². The molecule has 11 heteroatoms. The van der Waals surface area contributed by atoms with Crippen molar-refractivity contribution in [3.8, 4) is 0 Å². The summed E-state index contributed by atoms with van der Waals surface area (Å²) >= 11 is 0. The monoisotopic (exact) mass is 618 g/mol. The van der Waals surface area contributed by atoms with Crippen LogP contribution in [0, 0.1) is 6.92 Å². The molecule has 0 aliphatic carbocycles. The summed E-state index contributed by atoms with van der Waals surface area (Å²) in [5.74, 6) is -1.51. The van der Waals surface area contributed by atoms with Crippen LogP contribution in [0.3, 0.4) is 0 Å². The van der Waals surface area contributed by atoms with Gasteiger partial charge in [0.25, 0.3) is 0 Å². The first-order valence-corrected chi connectivity index (χ1v) is 16.6. The number of fused-ring (bicyclic) bond motifs is 2. The van der Waals surface area contributed by atoms with E-state index in [9.17, 15) is 24.4 Å². The predicted octanol–water partition coefficient (Wildman–Crippen LogP) is 3.60. The molecule has 2 saturated heterocycles. The molecule has 4 N–H and O–H groups in total. The van der Waals surface area contributed by atoms with Crippen LogP contribution in [-0.2, 0) is 34.0 Å². The first kappa shape index (κ1) is 33.0. The van der Waals surface area contributed by atoms with Crippen LogP contribution in [0.25, 0.3) is 0 Å². The first-order chi connectivity index (χ1) is 21.8. The van der Waals surface area contributed by atoms with Crippen molar-refractivity contribution in [1.82, 2.24) is 20.4 Å². The lowest BCUT2D eigenvalue weighted by Crippen LogP contribution is -2.56. The number of hydrogen-bond acceptors (Lipinski definition) is 7. The molecule has 45 heavy (non-hydrogen) atoms. The summed E-state index contributed by atoms with van der Waals surface area (Å²) in [6.07, 6.45) is 6.87. The maximum absolute atomic E-state index is 14.3. The SMILES string of the molecule is Cc1ccccc1CNC1CCCCCCCCC[C@H](B(O)O)NC(=O)[C@@H]2C[C@@H](OC(=O)N3Cc4ccccc4C3)CN2C1=O. The van der Waals surface area contributed by atoms with E-state index in [1.54, 1.807) is 4.90 Å². The van der Waals surface area contributed by atoms with Gasteiger partial charge in [-0.25, -0.2) is 4.79 Å². The van der Waals surface area contributed by atoms with Gasteiger partial charge in [0.2, 0.25) is 11.8 Å². The van der Waals surface area contributed by atoms with Crippen molar-refractivity contribution in [3.63, 3.8) is 0 Å². The molecule has 3 aliphatic heterocycles. The van der Waals surface area contributed by atoms with Crippen LogP contribution in [0.4, 0.5) is 4.79 Å². The number of benzene rings is 2. The van der Waals surface area contributed by atoms with Crippen LogP contribution >= 0.6 is 0 Å². The third-order valence-corrected chi connectivity index (χ3v) is 9.51. The van der Waals surface area contributed by atoms with Crippen molar-refractivity contribution in [2.75, 3.05) is 6.54 Å². The molecular weight excluding hydrogens is 571 g/mol. The number of aryl methyl sites for hydroxylation is 1. The maximum atomic E-state index is 14.3. The predicted molar refractivity (Wildman–Crippen MR) is 172 cm³/mol. The fourth-order valence-corrected chi connectivity index (χ4v) is 6.78. The smallest absolute Gasteiger partial charge is 0.444 e. The number of ether oxygens (including phenoxy) is 1. The Balaban J connectivity index is 1.34. The molecule has 1 unspecified atom stereocenters. The van der Waals surface area contributed by atoms with E-state index >= 15 is 0 Å². The molecule has 0 spiro atoms. The largest absolute Gasteiger partial charge is 0.475 e. The number of rotatable bonds is 5. The fraction of sp³-hybridized carbons (Fsp3) is 0.559. The summed E-state index contributed by atoms with van der Waals surface area (Å²) in [6, 6.07) is 14.5. The summed E-state index contributed by atoms with van der Waals surface area (Å²) in [7, 11) is -1.72. The zero-order valence-corrected chi connectivity index (χ0v) is 26.3. The van der Waals surface area contributed by atoms with Gasteiger partial charge in [-0.1, -0.05) is 93.5 Å². The Bertz CT molecular complexity index is 1300. The standard InChI is InChI=1S/C34H47BN4O6/c1-24-13-9-10-14-25(24)20-36-29-17-7-5-3-2-4-6-8-18-31(35(43)44)37-32(40)30-19-28(23-39(30)33(29)41)45-34(42)38-21-26-15-11-12-16-27(26)22-38/h9-16,28-31,36,43-44H,2-8,17-23H2,1H3,(H,37,40)/t28-,29?,30+,31-/m1/s1. The van der Waals surface area contributed by atoms with Crippen LogP contribution in [0.1, 0.15) is 86.5 Å². The topological polar surface area (TPSA) is 131 Å². The number of nitrogens with zero attached hydrogens (tertiary/aromatic N) is 2. The second kappa shape index (κ2) is 15.7. The minimum Gasteiger partial charge on any atom is -0.444 e. The lowest BCUT2D eigenvalue weighted by molar-refractivity contribution is -0.140. The van der Waals surface area contributed by atoms with Crippen LogP contribution in [-0.4, -0.2) is 75.5 Å². The van der Waals surface area contributed by atoms with Gasteiger partial charge in [0.15, 0.2) is 0 Å². The summed E-state index contributed by atoms with van der Waals surface area (Å²) in [5.41, 5.74) is 4.39. The van der Waals surface area contributed by atoms with Gasteiger partial charge in [0, 0.05) is 26.1 Å². The van der Waals surface area contributed by atoms with Gasteiger partial charge in [0.05, 0.1) is 18.5 Å². The first-order valence-electron chi connectivity index (χ1n) is 16.6. The summed E-state index contributed by atoms with van der Waals surface area (Å²) in [6.45, 7) is 3.56. The minimum atomic E-state index is -1.72. The Labute approximate surface area is 266 Å². The van der Waals surface area contributed by atoms with Crippen molar-refractivity contribution < 1.29 is 29.2 Å². The third kappa shape index (κ3) is 8.65. The highest BCUT2D eigenvalue weighted by atomic mass is 16.6. The van der Waals surface area contributed by atoms with Crippen LogP contribution < -0.4 is 10.6 Å². The van der Waals surface area contributed by atoms with Crippen molar-refractivity contribution in [1.29, 1.82) is 0 Å². The number of hydrogen-bond donors (Lipinski definition) is 4. The van der Waals surface area contributed by atoms with E-state index < -0.39 is 43.2 Å².